The minimum Gasteiger partial charge on any atom is -0.0599 e. The summed E-state index contributed by atoms with van der Waals surface area (Å²) in [6.45, 7) is 13.9. The third-order valence-electron chi connectivity index (χ3n) is 2.61. The highest BCUT2D eigenvalue weighted by Gasteiger charge is 2.18. The van der Waals surface area contributed by atoms with Crippen molar-refractivity contribution in [3.63, 3.8) is 0 Å². The summed E-state index contributed by atoms with van der Waals surface area (Å²) >= 11 is 2.41. The van der Waals surface area contributed by atoms with Crippen molar-refractivity contribution < 1.29 is 0 Å². The maximum absolute atomic E-state index is 2.41. The molecule has 0 amide bonds. The van der Waals surface area contributed by atoms with Crippen molar-refractivity contribution in [3.05, 3.63) is 32.9 Å². The van der Waals surface area contributed by atoms with E-state index in [0.29, 0.717) is 10.8 Å². The fourth-order valence-corrected chi connectivity index (χ4v) is 2.63. The molecule has 0 aliphatic rings. The highest BCUT2D eigenvalue weighted by atomic mass is 127. The maximum Gasteiger partial charge on any atom is 0.0133 e. The standard InChI is InChI=1S/C16H25I/c1-15(2,3)10-12-7-8-14(17)9-13(12)11-16(4,5)6/h7-9H,10-11H2,1-6H3. The highest BCUT2D eigenvalue weighted by Crippen LogP contribution is 2.28. The van der Waals surface area contributed by atoms with Crippen molar-refractivity contribution in [3.8, 4) is 0 Å². The Morgan fingerprint density at radius 3 is 1.76 bits per heavy atom. The average molecular weight is 344 g/mol. The molecule has 0 unspecified atom stereocenters. The molecule has 96 valence electrons. The molecular formula is C16H25I. The van der Waals surface area contributed by atoms with Crippen LogP contribution in [0.1, 0.15) is 52.7 Å². The number of benzene rings is 1. The van der Waals surface area contributed by atoms with Crippen molar-refractivity contribution in [1.29, 1.82) is 0 Å². The summed E-state index contributed by atoms with van der Waals surface area (Å²) < 4.78 is 1.35. The number of hydrogen-bond acceptors (Lipinski definition) is 0. The molecule has 1 heteroatoms. The zero-order chi connectivity index (χ0) is 13.3. The second-order valence-corrected chi connectivity index (χ2v) is 8.63. The third kappa shape index (κ3) is 5.89. The lowest BCUT2D eigenvalue weighted by Gasteiger charge is -2.24. The fraction of sp³-hybridized carbons (Fsp3) is 0.625. The van der Waals surface area contributed by atoms with E-state index in [4.69, 9.17) is 0 Å². The van der Waals surface area contributed by atoms with Crippen LogP contribution in [0, 0.1) is 14.4 Å². The van der Waals surface area contributed by atoms with Crippen LogP contribution in [-0.4, -0.2) is 0 Å². The Morgan fingerprint density at radius 2 is 1.29 bits per heavy atom. The van der Waals surface area contributed by atoms with Gasteiger partial charge in [0.1, 0.15) is 0 Å². The first-order valence-electron chi connectivity index (χ1n) is 6.34. The molecule has 1 aromatic carbocycles. The molecule has 1 aromatic rings. The van der Waals surface area contributed by atoms with Gasteiger partial charge in [0.15, 0.2) is 0 Å². The Hall–Kier alpha value is -0.0500. The van der Waals surface area contributed by atoms with Crippen molar-refractivity contribution >= 4 is 22.6 Å². The van der Waals surface area contributed by atoms with Gasteiger partial charge in [-0.2, -0.15) is 0 Å². The summed E-state index contributed by atoms with van der Waals surface area (Å²) in [5, 5.41) is 0. The first-order valence-corrected chi connectivity index (χ1v) is 7.42. The van der Waals surface area contributed by atoms with Crippen LogP contribution < -0.4 is 0 Å². The molecule has 0 bridgehead atoms. The third-order valence-corrected chi connectivity index (χ3v) is 3.28. The molecule has 0 radical (unpaired) electrons. The predicted octanol–water partition coefficient (Wildman–Crippen LogP) is 5.47. The van der Waals surface area contributed by atoms with E-state index in [-0.39, 0.29) is 0 Å². The number of hydrogen-bond donors (Lipinski definition) is 0. The van der Waals surface area contributed by atoms with Crippen LogP contribution in [0.3, 0.4) is 0 Å². The van der Waals surface area contributed by atoms with Gasteiger partial charge in [-0.25, -0.2) is 0 Å². The molecule has 0 saturated heterocycles. The van der Waals surface area contributed by atoms with Crippen LogP contribution in [0.2, 0.25) is 0 Å². The first-order chi connectivity index (χ1) is 7.57. The Morgan fingerprint density at radius 1 is 0.824 bits per heavy atom. The topological polar surface area (TPSA) is 0 Å². The van der Waals surface area contributed by atoms with Crippen molar-refractivity contribution in [2.75, 3.05) is 0 Å². The summed E-state index contributed by atoms with van der Waals surface area (Å²) in [6.07, 6.45) is 2.32. The molecule has 0 spiro atoms. The van der Waals surface area contributed by atoms with E-state index in [1.807, 2.05) is 0 Å². The smallest absolute Gasteiger partial charge is 0.0133 e. The molecule has 0 saturated carbocycles. The molecule has 0 aromatic heterocycles. The molecular weight excluding hydrogens is 319 g/mol. The van der Waals surface area contributed by atoms with E-state index in [1.165, 1.54) is 14.7 Å². The van der Waals surface area contributed by atoms with Crippen LogP contribution in [-0.2, 0) is 12.8 Å². The van der Waals surface area contributed by atoms with Gasteiger partial charge in [0.05, 0.1) is 0 Å². The Kier molecular flexibility index (Phi) is 4.67. The van der Waals surface area contributed by atoms with Gasteiger partial charge in [-0.05, 0) is 69.5 Å². The van der Waals surface area contributed by atoms with Gasteiger partial charge in [0, 0.05) is 3.57 Å². The Bertz CT molecular complexity index is 377. The van der Waals surface area contributed by atoms with E-state index < -0.39 is 0 Å². The maximum atomic E-state index is 2.41. The zero-order valence-corrected chi connectivity index (χ0v) is 14.2. The summed E-state index contributed by atoms with van der Waals surface area (Å²) in [7, 11) is 0. The second kappa shape index (κ2) is 5.29. The normalized spacial score (nSPS) is 12.9. The van der Waals surface area contributed by atoms with E-state index in [1.54, 1.807) is 0 Å². The van der Waals surface area contributed by atoms with Gasteiger partial charge in [0.25, 0.3) is 0 Å². The van der Waals surface area contributed by atoms with Crippen LogP contribution >= 0.6 is 22.6 Å². The molecule has 17 heavy (non-hydrogen) atoms. The van der Waals surface area contributed by atoms with Crippen LogP contribution in [0.4, 0.5) is 0 Å². The lowest BCUT2D eigenvalue weighted by Crippen LogP contribution is -2.15. The second-order valence-electron chi connectivity index (χ2n) is 7.39. The molecule has 1 rings (SSSR count). The Balaban J connectivity index is 3.04. The van der Waals surface area contributed by atoms with Crippen LogP contribution in [0.15, 0.2) is 18.2 Å². The molecule has 0 heterocycles. The molecule has 0 fully saturated rings. The molecule has 0 nitrogen and oxygen atoms in total. The lowest BCUT2D eigenvalue weighted by atomic mass is 9.81. The van der Waals surface area contributed by atoms with Crippen molar-refractivity contribution in [2.24, 2.45) is 10.8 Å². The summed E-state index contributed by atoms with van der Waals surface area (Å²) in [6, 6.07) is 6.90. The van der Waals surface area contributed by atoms with E-state index in [2.05, 4.69) is 82.3 Å². The predicted molar refractivity (Wildman–Crippen MR) is 85.5 cm³/mol. The largest absolute Gasteiger partial charge is 0.0599 e. The average Bonchev–Trinajstić information content (AvgIpc) is 2.05. The van der Waals surface area contributed by atoms with Gasteiger partial charge >= 0.3 is 0 Å². The summed E-state index contributed by atoms with van der Waals surface area (Å²) in [4.78, 5) is 0. The molecule has 0 aliphatic carbocycles. The SMILES string of the molecule is CC(C)(C)Cc1ccc(I)cc1CC(C)(C)C. The van der Waals surface area contributed by atoms with Gasteiger partial charge in [0.2, 0.25) is 0 Å². The number of halogens is 1. The van der Waals surface area contributed by atoms with Crippen LogP contribution in [0.5, 0.6) is 0 Å². The Labute approximate surface area is 120 Å². The quantitative estimate of drug-likeness (QED) is 0.624. The molecule has 0 atom stereocenters. The molecule has 0 N–H and O–H groups in total. The van der Waals surface area contributed by atoms with E-state index in [9.17, 15) is 0 Å². The molecule has 0 aliphatic heterocycles. The van der Waals surface area contributed by atoms with Crippen LogP contribution in [0.25, 0.3) is 0 Å². The van der Waals surface area contributed by atoms with Crippen molar-refractivity contribution in [2.45, 2.75) is 54.4 Å². The van der Waals surface area contributed by atoms with Gasteiger partial charge < -0.3 is 0 Å². The van der Waals surface area contributed by atoms with Gasteiger partial charge in [-0.15, -0.1) is 0 Å². The fourth-order valence-electron chi connectivity index (χ4n) is 2.07. The lowest BCUT2D eigenvalue weighted by molar-refractivity contribution is 0.392. The monoisotopic (exact) mass is 344 g/mol. The first kappa shape index (κ1) is 15.0. The van der Waals surface area contributed by atoms with Gasteiger partial charge in [-0.1, -0.05) is 47.6 Å². The highest BCUT2D eigenvalue weighted by molar-refractivity contribution is 14.1. The van der Waals surface area contributed by atoms with Crippen molar-refractivity contribution in [1.82, 2.24) is 0 Å². The van der Waals surface area contributed by atoms with E-state index >= 15 is 0 Å². The minimum atomic E-state index is 0.358. The number of rotatable bonds is 2. The van der Waals surface area contributed by atoms with E-state index in [0.717, 1.165) is 12.8 Å². The van der Waals surface area contributed by atoms with Gasteiger partial charge in [-0.3, -0.25) is 0 Å². The summed E-state index contributed by atoms with van der Waals surface area (Å²) in [5.74, 6) is 0. The minimum absolute atomic E-state index is 0.358. The zero-order valence-electron chi connectivity index (χ0n) is 12.0. The summed E-state index contributed by atoms with van der Waals surface area (Å²) in [5.41, 5.74) is 3.77.